The number of hydrogen-bond donors (Lipinski definition) is 1. The number of hydrogen-bond acceptors (Lipinski definition) is 5. The Balaban J connectivity index is 2.41. The van der Waals surface area contributed by atoms with E-state index in [1.165, 1.54) is 18.1 Å². The molecule has 84 valence electrons. The summed E-state index contributed by atoms with van der Waals surface area (Å²) < 4.78 is 1.63. The first-order valence-electron chi connectivity index (χ1n) is 4.61. The molecule has 2 aromatic heterocycles. The molecule has 0 bridgehead atoms. The van der Waals surface area contributed by atoms with Crippen LogP contribution in [0.5, 0.6) is 0 Å². The molecule has 0 aromatic carbocycles. The lowest BCUT2D eigenvalue weighted by Crippen LogP contribution is -2.11. The zero-order valence-corrected chi connectivity index (χ0v) is 9.60. The molecule has 2 heterocycles. The molecule has 0 saturated carbocycles. The molecule has 2 rings (SSSR count). The van der Waals surface area contributed by atoms with E-state index in [-0.39, 0.29) is 0 Å². The fourth-order valence-electron chi connectivity index (χ4n) is 1.25. The number of fused-ring (bicyclic) bond motifs is 1. The summed E-state index contributed by atoms with van der Waals surface area (Å²) >= 11 is 1.19. The molecule has 0 spiro atoms. The van der Waals surface area contributed by atoms with Gasteiger partial charge in [-0.1, -0.05) is 11.8 Å². The predicted octanol–water partition coefficient (Wildman–Crippen LogP) is 0.928. The third-order valence-corrected chi connectivity index (χ3v) is 3.23. The second-order valence-corrected chi connectivity index (χ2v) is 4.61. The first-order valence-corrected chi connectivity index (χ1v) is 5.49. The van der Waals surface area contributed by atoms with Crippen molar-refractivity contribution in [2.24, 2.45) is 7.05 Å². The van der Waals surface area contributed by atoms with Gasteiger partial charge in [0, 0.05) is 7.05 Å². The zero-order chi connectivity index (χ0) is 11.7. The van der Waals surface area contributed by atoms with E-state index in [1.807, 2.05) is 0 Å². The van der Waals surface area contributed by atoms with Crippen LogP contribution < -0.4 is 0 Å². The van der Waals surface area contributed by atoms with Crippen molar-refractivity contribution in [3.8, 4) is 0 Å². The van der Waals surface area contributed by atoms with Crippen molar-refractivity contribution < 1.29 is 9.90 Å². The SMILES string of the molecule is CC(Sc1ncnc2c1cnn2C)C(=O)O. The summed E-state index contributed by atoms with van der Waals surface area (Å²) in [6.07, 6.45) is 3.06. The van der Waals surface area contributed by atoms with Crippen LogP contribution in [0.3, 0.4) is 0 Å². The van der Waals surface area contributed by atoms with Crippen molar-refractivity contribution >= 4 is 28.8 Å². The van der Waals surface area contributed by atoms with Gasteiger partial charge in [-0.2, -0.15) is 5.10 Å². The maximum Gasteiger partial charge on any atom is 0.316 e. The van der Waals surface area contributed by atoms with E-state index in [1.54, 1.807) is 24.9 Å². The molecule has 6 nitrogen and oxygen atoms in total. The van der Waals surface area contributed by atoms with E-state index in [4.69, 9.17) is 5.11 Å². The highest BCUT2D eigenvalue weighted by molar-refractivity contribution is 8.00. The van der Waals surface area contributed by atoms with Gasteiger partial charge >= 0.3 is 5.97 Å². The normalized spacial score (nSPS) is 12.9. The van der Waals surface area contributed by atoms with Crippen molar-refractivity contribution in [3.63, 3.8) is 0 Å². The van der Waals surface area contributed by atoms with Crippen molar-refractivity contribution in [1.82, 2.24) is 19.7 Å². The summed E-state index contributed by atoms with van der Waals surface area (Å²) in [7, 11) is 1.78. The Kier molecular flexibility index (Phi) is 2.78. The second-order valence-electron chi connectivity index (χ2n) is 3.28. The van der Waals surface area contributed by atoms with Gasteiger partial charge < -0.3 is 5.11 Å². The first-order chi connectivity index (χ1) is 7.59. The summed E-state index contributed by atoms with van der Waals surface area (Å²) in [5.74, 6) is -0.861. The lowest BCUT2D eigenvalue weighted by Gasteiger charge is -2.05. The number of carboxylic acid groups (broad SMARTS) is 1. The number of rotatable bonds is 3. The molecule has 7 heteroatoms. The van der Waals surface area contributed by atoms with Gasteiger partial charge in [0.1, 0.15) is 16.6 Å². The van der Waals surface area contributed by atoms with Gasteiger partial charge in [-0.3, -0.25) is 9.48 Å². The number of aliphatic carboxylic acids is 1. The van der Waals surface area contributed by atoms with E-state index in [9.17, 15) is 4.79 Å². The van der Waals surface area contributed by atoms with Crippen LogP contribution in [0.4, 0.5) is 0 Å². The Morgan fingerprint density at radius 3 is 3.00 bits per heavy atom. The Bertz CT molecular complexity index is 539. The number of nitrogens with zero attached hydrogens (tertiary/aromatic N) is 4. The fourth-order valence-corrected chi connectivity index (χ4v) is 2.07. The Morgan fingerprint density at radius 2 is 2.31 bits per heavy atom. The molecule has 1 atom stereocenters. The third kappa shape index (κ3) is 1.85. The van der Waals surface area contributed by atoms with Crippen molar-refractivity contribution in [3.05, 3.63) is 12.5 Å². The topological polar surface area (TPSA) is 80.9 Å². The van der Waals surface area contributed by atoms with Crippen LogP contribution in [-0.2, 0) is 11.8 Å². The lowest BCUT2D eigenvalue weighted by atomic mass is 10.4. The number of thioether (sulfide) groups is 1. The Labute approximate surface area is 95.7 Å². The molecule has 0 radical (unpaired) electrons. The summed E-state index contributed by atoms with van der Waals surface area (Å²) in [4.78, 5) is 18.9. The van der Waals surface area contributed by atoms with Crippen molar-refractivity contribution in [1.29, 1.82) is 0 Å². The van der Waals surface area contributed by atoms with Crippen LogP contribution in [0.2, 0.25) is 0 Å². The highest BCUT2D eigenvalue weighted by atomic mass is 32.2. The van der Waals surface area contributed by atoms with E-state index in [0.29, 0.717) is 10.7 Å². The Hall–Kier alpha value is -1.63. The minimum Gasteiger partial charge on any atom is -0.480 e. The van der Waals surface area contributed by atoms with Crippen LogP contribution >= 0.6 is 11.8 Å². The van der Waals surface area contributed by atoms with Gasteiger partial charge in [-0.15, -0.1) is 0 Å². The quantitative estimate of drug-likeness (QED) is 0.632. The molecular weight excluding hydrogens is 228 g/mol. The van der Waals surface area contributed by atoms with Gasteiger partial charge in [0.15, 0.2) is 5.65 Å². The second kappa shape index (κ2) is 4.09. The molecule has 0 aliphatic rings. The highest BCUT2D eigenvalue weighted by Gasteiger charge is 2.16. The number of aromatic nitrogens is 4. The largest absolute Gasteiger partial charge is 0.480 e. The van der Waals surface area contributed by atoms with Crippen molar-refractivity contribution in [2.75, 3.05) is 0 Å². The van der Waals surface area contributed by atoms with Crippen molar-refractivity contribution in [2.45, 2.75) is 17.2 Å². The summed E-state index contributed by atoms with van der Waals surface area (Å²) in [5.41, 5.74) is 0.704. The average molecular weight is 238 g/mol. The lowest BCUT2D eigenvalue weighted by molar-refractivity contribution is -0.136. The molecule has 0 amide bonds. The summed E-state index contributed by atoms with van der Waals surface area (Å²) in [5, 5.41) is 13.8. The molecule has 16 heavy (non-hydrogen) atoms. The van der Waals surface area contributed by atoms with Gasteiger partial charge in [-0.25, -0.2) is 9.97 Å². The average Bonchev–Trinajstić information content (AvgIpc) is 2.62. The molecular formula is C9H10N4O2S. The van der Waals surface area contributed by atoms with Crippen LogP contribution in [0.15, 0.2) is 17.6 Å². The highest BCUT2D eigenvalue weighted by Crippen LogP contribution is 2.27. The predicted molar refractivity (Wildman–Crippen MR) is 59.3 cm³/mol. The maximum atomic E-state index is 10.8. The Morgan fingerprint density at radius 1 is 1.56 bits per heavy atom. The first kappa shape index (κ1) is 10.9. The molecule has 1 N–H and O–H groups in total. The van der Waals surface area contributed by atoms with Gasteiger partial charge in [0.2, 0.25) is 0 Å². The number of aryl methyl sites for hydroxylation is 1. The smallest absolute Gasteiger partial charge is 0.316 e. The minimum absolute atomic E-state index is 0.543. The van der Waals surface area contributed by atoms with E-state index >= 15 is 0 Å². The van der Waals surface area contributed by atoms with Crippen LogP contribution in [0, 0.1) is 0 Å². The molecule has 1 unspecified atom stereocenters. The monoisotopic (exact) mass is 238 g/mol. The van der Waals surface area contributed by atoms with Crippen LogP contribution in [0.25, 0.3) is 11.0 Å². The molecule has 0 saturated heterocycles. The summed E-state index contributed by atoms with van der Waals surface area (Å²) in [6.45, 7) is 1.62. The molecule has 0 fully saturated rings. The number of carboxylic acids is 1. The fraction of sp³-hybridized carbons (Fsp3) is 0.333. The zero-order valence-electron chi connectivity index (χ0n) is 8.78. The van der Waals surface area contributed by atoms with Gasteiger partial charge in [-0.05, 0) is 6.92 Å². The van der Waals surface area contributed by atoms with Crippen LogP contribution in [-0.4, -0.2) is 36.1 Å². The summed E-state index contributed by atoms with van der Waals surface area (Å²) in [6, 6.07) is 0. The maximum absolute atomic E-state index is 10.8. The molecule has 2 aromatic rings. The standard InChI is InChI=1S/C9H10N4O2S/c1-5(9(14)15)16-8-6-3-12-13(2)7(6)10-4-11-8/h3-5H,1-2H3,(H,14,15). The van der Waals surface area contributed by atoms with E-state index in [0.717, 1.165) is 5.39 Å². The van der Waals surface area contributed by atoms with Gasteiger partial charge in [0.05, 0.1) is 11.6 Å². The number of carbonyl (C=O) groups is 1. The van der Waals surface area contributed by atoms with Crippen LogP contribution in [0.1, 0.15) is 6.92 Å². The minimum atomic E-state index is -0.861. The third-order valence-electron chi connectivity index (χ3n) is 2.13. The van der Waals surface area contributed by atoms with E-state index in [2.05, 4.69) is 15.1 Å². The van der Waals surface area contributed by atoms with Gasteiger partial charge in [0.25, 0.3) is 0 Å². The van der Waals surface area contributed by atoms with E-state index < -0.39 is 11.2 Å². The molecule has 0 aliphatic heterocycles. The molecule has 0 aliphatic carbocycles.